The molecule has 0 saturated carbocycles. The van der Waals surface area contributed by atoms with E-state index in [1.807, 2.05) is 0 Å². The average molecular weight is 156 g/mol. The van der Waals surface area contributed by atoms with Crippen LogP contribution in [0.15, 0.2) is 0 Å². The van der Waals surface area contributed by atoms with Crippen LogP contribution in [0.2, 0.25) is 0 Å². The van der Waals surface area contributed by atoms with Crippen molar-refractivity contribution in [2.75, 3.05) is 26.3 Å². The van der Waals surface area contributed by atoms with Crippen molar-refractivity contribution in [1.82, 2.24) is 4.90 Å². The van der Waals surface area contributed by atoms with Crippen molar-refractivity contribution in [2.45, 2.75) is 18.6 Å². The molecule has 0 aromatic heterocycles. The molecule has 0 unspecified atom stereocenters. The molecule has 3 nitrogen and oxygen atoms in total. The van der Waals surface area contributed by atoms with Crippen molar-refractivity contribution in [3.8, 4) is 0 Å². The van der Waals surface area contributed by atoms with E-state index in [0.29, 0.717) is 0 Å². The fourth-order valence-corrected chi connectivity index (χ4v) is 1.68. The third kappa shape index (κ3) is 1.41. The Morgan fingerprint density at radius 3 is 2.18 bits per heavy atom. The minimum absolute atomic E-state index is 0.228. The first-order valence-electron chi connectivity index (χ1n) is 4.14. The smallest absolute Gasteiger partial charge is 0.170 e. The second-order valence-electron chi connectivity index (χ2n) is 3.23. The first-order chi connectivity index (χ1) is 5.31. The summed E-state index contributed by atoms with van der Waals surface area (Å²) in [6, 6.07) is 0. The van der Waals surface area contributed by atoms with Crippen LogP contribution in [0.4, 0.5) is 0 Å². The Labute approximate surface area is 67.3 Å². The van der Waals surface area contributed by atoms with E-state index in [9.17, 15) is 0 Å². The normalized spacial score (nSPS) is 31.4. The zero-order chi connectivity index (χ0) is 7.73. The summed E-state index contributed by atoms with van der Waals surface area (Å²) >= 11 is 0. The van der Waals surface area contributed by atoms with Gasteiger partial charge in [0.25, 0.3) is 0 Å². The van der Waals surface area contributed by atoms with Crippen LogP contribution < -0.4 is 0 Å². The van der Waals surface area contributed by atoms with Gasteiger partial charge in [0, 0.05) is 12.8 Å². The molecule has 3 heteroatoms. The summed E-state index contributed by atoms with van der Waals surface area (Å²) in [5.41, 5.74) is 0. The van der Waals surface area contributed by atoms with Crippen LogP contribution >= 0.6 is 0 Å². The highest BCUT2D eigenvalue weighted by atomic mass is 16.7. The van der Waals surface area contributed by atoms with Crippen LogP contribution in [0.5, 0.6) is 0 Å². The number of piperidine rings is 1. The number of hydrogen-bond acceptors (Lipinski definition) is 3. The molecule has 0 atom stereocenters. The molecule has 64 valence electrons. The van der Waals surface area contributed by atoms with Crippen molar-refractivity contribution in [1.29, 1.82) is 0 Å². The molecule has 0 aliphatic carbocycles. The number of rotatable bonds is 0. The third-order valence-corrected chi connectivity index (χ3v) is 2.43. The largest absolute Gasteiger partial charge is 0.459 e. The van der Waals surface area contributed by atoms with Crippen molar-refractivity contribution < 1.29 is 9.47 Å². The van der Waals surface area contributed by atoms with E-state index in [1.165, 1.54) is 0 Å². The molecule has 0 radical (unpaired) electrons. The zero-order valence-corrected chi connectivity index (χ0v) is 6.71. The summed E-state index contributed by atoms with van der Waals surface area (Å²) in [5.74, 6) is -0.228. The lowest BCUT2D eigenvalue weighted by Crippen LogP contribution is -2.42. The van der Waals surface area contributed by atoms with E-state index in [4.69, 9.17) is 9.47 Å². The molecule has 0 amide bonds. The Kier molecular flexibility index (Phi) is 1.87. The maximum Gasteiger partial charge on any atom is 0.170 e. The lowest BCUT2D eigenvalue weighted by molar-refractivity contribution is -0.182. The topological polar surface area (TPSA) is 21.7 Å². The summed E-state index contributed by atoms with van der Waals surface area (Å²) in [7, 11) is 3.87. The van der Waals surface area contributed by atoms with E-state index in [0.717, 1.165) is 39.1 Å². The lowest BCUT2D eigenvalue weighted by Gasteiger charge is -2.39. The predicted octanol–water partition coefficient (Wildman–Crippen LogP) is 0.617. The van der Waals surface area contributed by atoms with Crippen molar-refractivity contribution >= 4 is 0 Å². The minimum Gasteiger partial charge on any atom is -0.459 e. The van der Waals surface area contributed by atoms with Gasteiger partial charge in [-0.2, -0.15) is 0 Å². The zero-order valence-electron chi connectivity index (χ0n) is 6.71. The van der Waals surface area contributed by atoms with Crippen molar-refractivity contribution in [3.63, 3.8) is 0 Å². The lowest BCUT2D eigenvalue weighted by atomic mass is 10.0. The molecule has 2 heterocycles. The summed E-state index contributed by atoms with van der Waals surface area (Å²) in [6.45, 7) is 3.49. The third-order valence-electron chi connectivity index (χ3n) is 2.43. The fraction of sp³-hybridized carbons (Fsp3) is 0.875. The van der Waals surface area contributed by atoms with Gasteiger partial charge in [-0.1, -0.05) is 0 Å². The highest BCUT2D eigenvalue weighted by molar-refractivity contribution is 4.82. The average Bonchev–Trinajstić information content (AvgIpc) is 2.45. The Morgan fingerprint density at radius 1 is 1.09 bits per heavy atom. The van der Waals surface area contributed by atoms with Crippen molar-refractivity contribution in [3.05, 3.63) is 7.05 Å². The van der Waals surface area contributed by atoms with Gasteiger partial charge in [0.1, 0.15) is 0 Å². The number of likely N-dealkylation sites (tertiary alicyclic amines) is 1. The van der Waals surface area contributed by atoms with E-state index < -0.39 is 0 Å². The minimum atomic E-state index is -0.228. The first kappa shape index (κ1) is 7.53. The second kappa shape index (κ2) is 2.73. The highest BCUT2D eigenvalue weighted by Crippen LogP contribution is 2.30. The Morgan fingerprint density at radius 2 is 1.64 bits per heavy atom. The van der Waals surface area contributed by atoms with E-state index in [-0.39, 0.29) is 5.79 Å². The van der Waals surface area contributed by atoms with Crippen LogP contribution in [-0.2, 0) is 9.47 Å². The maximum atomic E-state index is 5.55. The predicted molar refractivity (Wildman–Crippen MR) is 40.8 cm³/mol. The van der Waals surface area contributed by atoms with Gasteiger partial charge in [-0.15, -0.1) is 0 Å². The summed E-state index contributed by atoms with van der Waals surface area (Å²) in [4.78, 5) is 2.07. The van der Waals surface area contributed by atoms with Crippen LogP contribution in [-0.4, -0.2) is 37.0 Å². The molecule has 2 rings (SSSR count). The Hall–Kier alpha value is -0.120. The molecule has 2 aliphatic rings. The molecule has 0 bridgehead atoms. The van der Waals surface area contributed by atoms with Crippen LogP contribution in [0.1, 0.15) is 12.8 Å². The van der Waals surface area contributed by atoms with Gasteiger partial charge < -0.3 is 14.4 Å². The quantitative estimate of drug-likeness (QED) is 0.480. The molecule has 0 N–H and O–H groups in total. The molecule has 1 spiro atoms. The van der Waals surface area contributed by atoms with Crippen molar-refractivity contribution in [2.24, 2.45) is 0 Å². The van der Waals surface area contributed by atoms with E-state index >= 15 is 0 Å². The Bertz CT molecular complexity index is 133. The van der Waals surface area contributed by atoms with Gasteiger partial charge in [0.05, 0.1) is 13.2 Å². The van der Waals surface area contributed by atoms with Gasteiger partial charge in [-0.25, -0.2) is 0 Å². The van der Waals surface area contributed by atoms with Crippen LogP contribution in [0, 0.1) is 7.05 Å². The number of nitrogens with zero attached hydrogens (tertiary/aromatic N) is 1. The number of ether oxygens (including phenoxy) is 2. The molecule has 11 heavy (non-hydrogen) atoms. The second-order valence-corrected chi connectivity index (χ2v) is 3.23. The van der Waals surface area contributed by atoms with Gasteiger partial charge in [-0.05, 0) is 13.1 Å². The molecule has 2 aliphatic heterocycles. The molecule has 0 aromatic rings. The van der Waals surface area contributed by atoms with E-state index in [2.05, 4.69) is 11.9 Å². The highest BCUT2D eigenvalue weighted by Gasteiger charge is 2.37. The van der Waals surface area contributed by atoms with Gasteiger partial charge in [0.15, 0.2) is 5.79 Å². The SMILES string of the molecule is [CH2-]N1CCC2(CC1)OCCO2. The summed E-state index contributed by atoms with van der Waals surface area (Å²) in [5, 5.41) is 0. The fourth-order valence-electron chi connectivity index (χ4n) is 1.68. The van der Waals surface area contributed by atoms with Crippen LogP contribution in [0.25, 0.3) is 0 Å². The summed E-state index contributed by atoms with van der Waals surface area (Å²) in [6.07, 6.45) is 1.94. The first-order valence-corrected chi connectivity index (χ1v) is 4.14. The molecule has 2 fully saturated rings. The summed E-state index contributed by atoms with van der Waals surface area (Å²) < 4.78 is 11.1. The molecular weight excluding hydrogens is 142 g/mol. The number of hydrogen-bond donors (Lipinski definition) is 0. The Balaban J connectivity index is 1.94. The van der Waals surface area contributed by atoms with Crippen LogP contribution in [0.3, 0.4) is 0 Å². The molecule has 0 aromatic carbocycles. The van der Waals surface area contributed by atoms with Gasteiger partial charge in [-0.3, -0.25) is 7.05 Å². The molecule has 2 saturated heterocycles. The maximum absolute atomic E-state index is 5.55. The monoisotopic (exact) mass is 156 g/mol. The van der Waals surface area contributed by atoms with Gasteiger partial charge in [0.2, 0.25) is 0 Å². The van der Waals surface area contributed by atoms with Gasteiger partial charge >= 0.3 is 0 Å². The van der Waals surface area contributed by atoms with E-state index in [1.54, 1.807) is 0 Å². The standard InChI is InChI=1S/C8H14NO2/c1-9-4-2-8(3-5-9)10-6-7-11-8/h1-7H2/q-1. The molecular formula is C8H14NO2-.